The van der Waals surface area contributed by atoms with Crippen LogP contribution < -0.4 is 0 Å². The van der Waals surface area contributed by atoms with Crippen LogP contribution in [0.1, 0.15) is 118 Å². The molecule has 19 nitrogen and oxygen atoms in total. The largest absolute Gasteiger partial charge is 0.397 e. The fourth-order valence-electron chi connectivity index (χ4n) is 13.2. The van der Waals surface area contributed by atoms with Crippen molar-refractivity contribution in [1.29, 1.82) is 0 Å². The van der Waals surface area contributed by atoms with Crippen LogP contribution in [0.3, 0.4) is 0 Å². The van der Waals surface area contributed by atoms with Crippen molar-refractivity contribution < 1.29 is 90.1 Å². The summed E-state index contributed by atoms with van der Waals surface area (Å²) >= 11 is 0. The zero-order chi connectivity index (χ0) is 50.8. The van der Waals surface area contributed by atoms with Crippen molar-refractivity contribution in [2.75, 3.05) is 6.61 Å². The van der Waals surface area contributed by atoms with Crippen LogP contribution >= 0.6 is 0 Å². The summed E-state index contributed by atoms with van der Waals surface area (Å²) in [4.78, 5) is 12.9. The Morgan fingerprint density at radius 1 is 0.817 bits per heavy atom. The van der Waals surface area contributed by atoms with Crippen molar-refractivity contribution in [3.63, 3.8) is 0 Å². The molecule has 400 valence electrons. The molecular weight excluding hydrogens is 949 g/mol. The summed E-state index contributed by atoms with van der Waals surface area (Å²) in [6.07, 6.45) is 0.851. The van der Waals surface area contributed by atoms with Gasteiger partial charge >= 0.3 is 10.4 Å². The van der Waals surface area contributed by atoms with E-state index < -0.39 is 113 Å². The fraction of sp³-hybridized carbons (Fsp3) is 0.824. The number of rotatable bonds is 12. The van der Waals surface area contributed by atoms with Gasteiger partial charge in [0.1, 0.15) is 36.3 Å². The normalized spacial score (nSPS) is 48.6. The monoisotopic (exact) mass is 1020 g/mol. The molecule has 0 aromatic heterocycles. The van der Waals surface area contributed by atoms with Gasteiger partial charge in [-0.2, -0.15) is 8.42 Å². The fourth-order valence-corrected chi connectivity index (χ4v) is 13.7. The third kappa shape index (κ3) is 11.3. The molecule has 0 amide bonds. The lowest BCUT2D eigenvalue weighted by molar-refractivity contribution is -0.372. The van der Waals surface area contributed by atoms with Crippen molar-refractivity contribution in [3.05, 3.63) is 49.1 Å². The lowest BCUT2D eigenvalue weighted by Gasteiger charge is -2.54. The van der Waals surface area contributed by atoms with Crippen molar-refractivity contribution in [1.82, 2.24) is 0 Å². The predicted molar refractivity (Wildman–Crippen MR) is 251 cm³/mol. The molecule has 0 bridgehead atoms. The number of aliphatic hydroxyl groups excluding tert-OH is 4. The maximum Gasteiger partial charge on any atom is 0.397 e. The molecule has 0 radical (unpaired) electrons. The third-order valence-corrected chi connectivity index (χ3v) is 17.3. The number of hydrogen-bond donors (Lipinski definition) is 6. The Kier molecular flexibility index (Phi) is 15.8. The van der Waals surface area contributed by atoms with Crippen molar-refractivity contribution in [3.8, 4) is 0 Å². The first-order valence-corrected chi connectivity index (χ1v) is 27.0. The molecule has 20 heteroatoms. The minimum atomic E-state index is -5.16. The molecule has 9 rings (SSSR count). The summed E-state index contributed by atoms with van der Waals surface area (Å²) in [6.45, 7) is 15.4. The lowest BCUT2D eigenvalue weighted by Crippen LogP contribution is -2.69. The van der Waals surface area contributed by atoms with Gasteiger partial charge in [-0.15, -0.1) is 0 Å². The lowest BCUT2D eigenvalue weighted by atomic mass is 9.79. The molecule has 8 fully saturated rings. The zero-order valence-electron chi connectivity index (χ0n) is 41.3. The van der Waals surface area contributed by atoms with E-state index in [9.17, 15) is 43.3 Å². The molecule has 0 spiro atoms. The second kappa shape index (κ2) is 20.8. The van der Waals surface area contributed by atoms with E-state index in [-0.39, 0.29) is 67.3 Å². The van der Waals surface area contributed by atoms with E-state index in [0.29, 0.717) is 57.8 Å². The van der Waals surface area contributed by atoms with E-state index in [2.05, 4.69) is 33.9 Å². The second-order valence-electron chi connectivity index (χ2n) is 22.5. The topological polar surface area (TPSA) is 265 Å². The van der Waals surface area contributed by atoms with E-state index >= 15 is 0 Å². The highest BCUT2D eigenvalue weighted by atomic mass is 32.3. The van der Waals surface area contributed by atoms with Crippen LogP contribution in [0.5, 0.6) is 0 Å². The SMILES string of the molecule is C=C/C=C/CCC(=O)C[C@H](O)[C@]1(C)CC(=C)C[C@@]2(C)O[C@H]3C[C@H]4O[C@H]5CC[C@H]6O[C@H]7C=C[C@H]8O[C@H]9[C@H](OS(=O)(=O)O)[C@H](O)[C@@](O)(C[C@@H](O)CO)O[C@@H]9C[C@@H]8O[C@@H]7C[C@]6(C)O[C@@H]5CC[C@H](C)[C@@H]4O[C@@H]3C[C@@H]2O1. The van der Waals surface area contributed by atoms with E-state index in [1.165, 1.54) is 0 Å². The van der Waals surface area contributed by atoms with Crippen LogP contribution in [-0.4, -0.2) is 183 Å². The highest BCUT2D eigenvalue weighted by Gasteiger charge is 2.62. The van der Waals surface area contributed by atoms with Gasteiger partial charge in [-0.3, -0.25) is 9.35 Å². The summed E-state index contributed by atoms with van der Waals surface area (Å²) in [6, 6.07) is 0. The molecule has 0 aromatic rings. The minimum Gasteiger partial charge on any atom is -0.394 e. The Balaban J connectivity index is 0.860. The third-order valence-electron chi connectivity index (χ3n) is 16.8. The van der Waals surface area contributed by atoms with Gasteiger partial charge in [0.2, 0.25) is 0 Å². The number of carbonyl (C=O) groups excluding carboxylic acids is 1. The number of Topliss-reactive ketones (excluding diaryl/α,β-unsaturated/α-hetero) is 1. The highest BCUT2D eigenvalue weighted by Crippen LogP contribution is 2.51. The van der Waals surface area contributed by atoms with Gasteiger partial charge in [-0.1, -0.05) is 56.0 Å². The van der Waals surface area contributed by atoms with Gasteiger partial charge in [0.05, 0.1) is 103 Å². The Morgan fingerprint density at radius 3 is 2.25 bits per heavy atom. The molecule has 71 heavy (non-hydrogen) atoms. The van der Waals surface area contributed by atoms with Gasteiger partial charge < -0.3 is 68.2 Å². The Morgan fingerprint density at radius 2 is 1.52 bits per heavy atom. The number of carbonyl (C=O) groups is 1. The molecule has 0 aromatic carbocycles. The number of ether oxygens (including phenoxy) is 9. The maximum atomic E-state index is 12.9. The minimum absolute atomic E-state index is 0.0163. The number of allylic oxidation sites excluding steroid dienone is 3. The standard InChI is InChI=1S/C51H76O19S/c1-7-8-9-10-11-29(53)18-41(55)48(4)22-27(2)23-49(5)43(69-48)21-36-37(67-49)20-38-44(65-36)28(3)12-13-34-31(61-38)16-17-42-50(6,66-34)25-40-33(63-42)15-14-32-35(62-40)19-39-45(64-32)46(70-71(58,59)60)47(56)51(57,68-39)24-30(54)26-52/h7-9,14-15,28,30-47,52,54-57H,1-2,10-13,16-26H2,3-6H3,(H,58,59,60)/b9-8+/t28-,30+,31-,32+,33-,34+,35-,36+,37-,38+,39+,40+,41-,42+,43-,44-,45+,46-,47-,48-,49+,50-,51+/m0/s1. The number of ketones is 1. The average molecular weight is 1030 g/mol. The second-order valence-corrected chi connectivity index (χ2v) is 23.6. The van der Waals surface area contributed by atoms with E-state index in [0.717, 1.165) is 18.4 Å². The summed E-state index contributed by atoms with van der Waals surface area (Å²) in [5.41, 5.74) is -1.68. The summed E-state index contributed by atoms with van der Waals surface area (Å²) in [5, 5.41) is 53.7. The van der Waals surface area contributed by atoms with Crippen molar-refractivity contribution >= 4 is 16.2 Å². The molecule has 0 unspecified atom stereocenters. The maximum absolute atomic E-state index is 12.9. The zero-order valence-corrected chi connectivity index (χ0v) is 42.1. The van der Waals surface area contributed by atoms with Crippen molar-refractivity contribution in [2.45, 2.75) is 250 Å². The van der Waals surface area contributed by atoms with Gasteiger partial charge in [-0.25, -0.2) is 4.18 Å². The van der Waals surface area contributed by atoms with E-state index in [1.54, 1.807) is 18.2 Å². The number of fused-ring (bicyclic) bond motifs is 8. The van der Waals surface area contributed by atoms with Crippen molar-refractivity contribution in [2.24, 2.45) is 5.92 Å². The van der Waals surface area contributed by atoms with Gasteiger partial charge in [0, 0.05) is 44.9 Å². The number of aliphatic hydroxyl groups is 5. The summed E-state index contributed by atoms with van der Waals surface area (Å²) < 4.78 is 99.5. The molecular formula is C51H76O19S. The highest BCUT2D eigenvalue weighted by molar-refractivity contribution is 7.80. The molecule has 0 saturated carbocycles. The van der Waals surface area contributed by atoms with Crippen LogP contribution in [-0.2, 0) is 62.0 Å². The molecule has 9 aliphatic rings. The van der Waals surface area contributed by atoms with E-state index in [1.807, 2.05) is 19.1 Å². The Hall–Kier alpha value is -2.06. The quantitative estimate of drug-likeness (QED) is 0.0932. The van der Waals surface area contributed by atoms with Crippen LogP contribution in [0, 0.1) is 5.92 Å². The molecule has 23 atom stereocenters. The van der Waals surface area contributed by atoms with E-state index in [4.69, 9.17) is 46.8 Å². The first-order valence-electron chi connectivity index (χ1n) is 25.7. The van der Waals surface area contributed by atoms with Gasteiger partial charge in [-0.05, 0) is 71.6 Å². The smallest absolute Gasteiger partial charge is 0.394 e. The summed E-state index contributed by atoms with van der Waals surface area (Å²) in [5.74, 6) is -2.50. The Labute approximate surface area is 416 Å². The first-order chi connectivity index (χ1) is 33.5. The molecule has 8 saturated heterocycles. The average Bonchev–Trinajstić information content (AvgIpc) is 3.58. The summed E-state index contributed by atoms with van der Waals surface area (Å²) in [7, 11) is -5.16. The molecule has 0 aliphatic carbocycles. The van der Waals surface area contributed by atoms with Gasteiger partial charge in [0.25, 0.3) is 0 Å². The van der Waals surface area contributed by atoms with Crippen LogP contribution in [0.2, 0.25) is 0 Å². The molecule has 9 heterocycles. The Bertz CT molecular complexity index is 2120. The van der Waals surface area contributed by atoms with Crippen LogP contribution in [0.25, 0.3) is 0 Å². The first kappa shape index (κ1) is 53.8. The van der Waals surface area contributed by atoms with Crippen LogP contribution in [0.15, 0.2) is 49.1 Å². The van der Waals surface area contributed by atoms with Gasteiger partial charge in [0.15, 0.2) is 5.79 Å². The molecule has 9 aliphatic heterocycles. The van der Waals surface area contributed by atoms with Crippen LogP contribution in [0.4, 0.5) is 0 Å². The molecule has 6 N–H and O–H groups in total. The number of hydrogen-bond acceptors (Lipinski definition) is 18. The predicted octanol–water partition coefficient (Wildman–Crippen LogP) is 3.17.